The highest BCUT2D eigenvalue weighted by molar-refractivity contribution is 6.03. The van der Waals surface area contributed by atoms with Gasteiger partial charge in [0.1, 0.15) is 5.82 Å². The Morgan fingerprint density at radius 1 is 0.776 bits per heavy atom. The monoisotopic (exact) mass is 652 g/mol. The van der Waals surface area contributed by atoms with E-state index in [1.54, 1.807) is 0 Å². The summed E-state index contributed by atoms with van der Waals surface area (Å²) in [7, 11) is 0. The van der Waals surface area contributed by atoms with Gasteiger partial charge in [0.25, 0.3) is 0 Å². The minimum atomic E-state index is -0.186. The number of hydrogen-bond acceptors (Lipinski definition) is 5. The van der Waals surface area contributed by atoms with Crippen LogP contribution in [0.1, 0.15) is 104 Å². The lowest BCUT2D eigenvalue weighted by atomic mass is 9.86. The molecule has 4 aliphatic rings. The number of imidazole rings is 1. The molecular formula is C41H44N6O2. The molecule has 8 heteroatoms. The van der Waals surface area contributed by atoms with E-state index in [1.165, 1.54) is 22.3 Å². The first-order valence-electron chi connectivity index (χ1n) is 17.9. The van der Waals surface area contributed by atoms with Gasteiger partial charge >= 0.3 is 0 Å². The second-order valence-corrected chi connectivity index (χ2v) is 14.5. The maximum Gasteiger partial charge on any atom is 0.230 e. The molecule has 2 fully saturated rings. The summed E-state index contributed by atoms with van der Waals surface area (Å²) in [6.07, 6.45) is 12.2. The summed E-state index contributed by atoms with van der Waals surface area (Å²) in [6, 6.07) is 19.1. The van der Waals surface area contributed by atoms with Crippen LogP contribution < -0.4 is 0 Å². The Morgan fingerprint density at radius 3 is 2.33 bits per heavy atom. The molecule has 250 valence electrons. The van der Waals surface area contributed by atoms with Crippen LogP contribution in [0.2, 0.25) is 0 Å². The number of hydrogen-bond donors (Lipinski definition) is 1. The number of pyridine rings is 1. The number of benzene rings is 2. The fourth-order valence-electron chi connectivity index (χ4n) is 8.18. The van der Waals surface area contributed by atoms with Crippen molar-refractivity contribution in [2.24, 2.45) is 10.9 Å². The fraction of sp³-hybridized carbons (Fsp3) is 0.390. The van der Waals surface area contributed by atoms with Gasteiger partial charge in [-0.05, 0) is 90.1 Å². The number of carbonyl (C=O) groups excluding carboxylic acids is 2. The maximum atomic E-state index is 13.5. The molecule has 0 saturated carbocycles. The minimum absolute atomic E-state index is 0.00462. The smallest absolute Gasteiger partial charge is 0.230 e. The molecule has 3 aliphatic heterocycles. The Hall–Kier alpha value is -4.85. The zero-order valence-corrected chi connectivity index (χ0v) is 28.7. The van der Waals surface area contributed by atoms with Crippen molar-refractivity contribution in [2.45, 2.75) is 83.7 Å². The lowest BCUT2D eigenvalue weighted by Crippen LogP contribution is -2.42. The van der Waals surface area contributed by atoms with Crippen molar-refractivity contribution in [3.05, 3.63) is 113 Å². The minimum Gasteiger partial charge on any atom is -0.340 e. The van der Waals surface area contributed by atoms with Crippen molar-refractivity contribution in [2.75, 3.05) is 13.1 Å². The molecule has 0 spiro atoms. The summed E-state index contributed by atoms with van der Waals surface area (Å²) in [5, 5.41) is 0. The van der Waals surface area contributed by atoms with Gasteiger partial charge in [0, 0.05) is 55.7 Å². The zero-order valence-electron chi connectivity index (χ0n) is 28.7. The van der Waals surface area contributed by atoms with Crippen molar-refractivity contribution in [3.63, 3.8) is 0 Å². The molecular weight excluding hydrogens is 608 g/mol. The van der Waals surface area contributed by atoms with Crippen LogP contribution >= 0.6 is 0 Å². The third-order valence-electron chi connectivity index (χ3n) is 11.0. The molecule has 0 radical (unpaired) electrons. The molecule has 4 aromatic rings. The number of rotatable bonds is 7. The first-order chi connectivity index (χ1) is 23.8. The highest BCUT2D eigenvalue weighted by atomic mass is 16.2. The molecule has 1 aliphatic carbocycles. The number of likely N-dealkylation sites (tertiary alicyclic amines) is 2. The number of nitrogens with one attached hydrogen (secondary N) is 1. The molecule has 8 nitrogen and oxygen atoms in total. The van der Waals surface area contributed by atoms with Crippen LogP contribution in [0.5, 0.6) is 0 Å². The Labute approximate surface area is 288 Å². The number of aliphatic imine (C=N–C) groups is 1. The Kier molecular flexibility index (Phi) is 8.26. The van der Waals surface area contributed by atoms with Crippen LogP contribution in [0, 0.1) is 5.92 Å². The molecule has 2 aromatic carbocycles. The number of H-pyrrole nitrogens is 1. The molecule has 2 saturated heterocycles. The van der Waals surface area contributed by atoms with Crippen LogP contribution in [0.25, 0.3) is 16.8 Å². The van der Waals surface area contributed by atoms with Crippen molar-refractivity contribution in [1.29, 1.82) is 0 Å². The van der Waals surface area contributed by atoms with E-state index in [2.05, 4.69) is 29.2 Å². The summed E-state index contributed by atoms with van der Waals surface area (Å²) >= 11 is 0. The van der Waals surface area contributed by atoms with Crippen molar-refractivity contribution in [3.8, 4) is 11.3 Å². The number of aromatic amines is 1. The lowest BCUT2D eigenvalue weighted by molar-refractivity contribution is -0.134. The Morgan fingerprint density at radius 2 is 1.53 bits per heavy atom. The number of carbonyl (C=O) groups is 2. The number of aromatic nitrogens is 3. The standard InChI is InChI=1S/C41H44N6O2/c1-25(2)40(48)46-15-7-11-37(46)35-21-33(23-43-35)32-19-31-17-28-13-14-29(18-30(28)20-34(31)42-22-32)36-24-44-39(45-36)38-12-8-16-47(38)41(49)26(3)27-9-5-4-6-10-27/h4-6,9-10,13-14,18-19,22-26,37-38H,7-8,11-12,15-17,20-21H2,1-3H3,(H,44,45)/t26-,37+,38+/m1/s1. The first-order valence-corrected chi connectivity index (χ1v) is 17.9. The van der Waals surface area contributed by atoms with E-state index in [0.29, 0.717) is 0 Å². The highest BCUT2D eigenvalue weighted by Gasteiger charge is 2.36. The first kappa shape index (κ1) is 31.4. The maximum absolute atomic E-state index is 13.5. The Balaban J connectivity index is 0.943. The Bertz CT molecular complexity index is 1970. The van der Waals surface area contributed by atoms with Gasteiger partial charge < -0.3 is 14.8 Å². The summed E-state index contributed by atoms with van der Waals surface area (Å²) in [5.74, 6) is 1.06. The van der Waals surface area contributed by atoms with Crippen molar-refractivity contribution in [1.82, 2.24) is 24.8 Å². The summed E-state index contributed by atoms with van der Waals surface area (Å²) in [6.45, 7) is 7.54. The van der Waals surface area contributed by atoms with Gasteiger partial charge in [-0.1, -0.05) is 56.3 Å². The van der Waals surface area contributed by atoms with Gasteiger partial charge in [0.15, 0.2) is 0 Å². The summed E-state index contributed by atoms with van der Waals surface area (Å²) in [4.78, 5) is 48.5. The number of fused-ring (bicyclic) bond motifs is 2. The topological polar surface area (TPSA) is 94.6 Å². The molecule has 2 aromatic heterocycles. The van der Waals surface area contributed by atoms with E-state index in [1.807, 2.05) is 79.5 Å². The van der Waals surface area contributed by atoms with Crippen LogP contribution in [-0.4, -0.2) is 61.4 Å². The van der Waals surface area contributed by atoms with Crippen LogP contribution in [-0.2, 0) is 22.4 Å². The lowest BCUT2D eigenvalue weighted by Gasteiger charge is -2.27. The highest BCUT2D eigenvalue weighted by Crippen LogP contribution is 2.37. The van der Waals surface area contributed by atoms with E-state index in [-0.39, 0.29) is 35.7 Å². The van der Waals surface area contributed by atoms with Gasteiger partial charge in [-0.3, -0.25) is 19.6 Å². The quantitative estimate of drug-likeness (QED) is 0.200. The van der Waals surface area contributed by atoms with Gasteiger partial charge in [-0.25, -0.2) is 4.98 Å². The second-order valence-electron chi connectivity index (χ2n) is 14.5. The van der Waals surface area contributed by atoms with Crippen LogP contribution in [0.15, 0.2) is 78.2 Å². The average molecular weight is 653 g/mol. The van der Waals surface area contributed by atoms with E-state index >= 15 is 0 Å². The predicted octanol–water partition coefficient (Wildman–Crippen LogP) is 7.27. The van der Waals surface area contributed by atoms with Gasteiger partial charge in [0.05, 0.1) is 29.9 Å². The average Bonchev–Trinajstić information content (AvgIpc) is 3.96. The largest absolute Gasteiger partial charge is 0.340 e. The molecule has 3 atom stereocenters. The predicted molar refractivity (Wildman–Crippen MR) is 192 cm³/mol. The van der Waals surface area contributed by atoms with Crippen LogP contribution in [0.3, 0.4) is 0 Å². The van der Waals surface area contributed by atoms with Crippen LogP contribution in [0.4, 0.5) is 0 Å². The second kappa shape index (κ2) is 12.9. The van der Waals surface area contributed by atoms with Gasteiger partial charge in [0.2, 0.25) is 11.8 Å². The van der Waals surface area contributed by atoms with E-state index in [0.717, 1.165) is 97.6 Å². The van der Waals surface area contributed by atoms with E-state index in [9.17, 15) is 9.59 Å². The molecule has 0 bridgehead atoms. The number of amides is 2. The molecule has 8 rings (SSSR count). The molecule has 1 N–H and O–H groups in total. The van der Waals surface area contributed by atoms with E-state index < -0.39 is 0 Å². The van der Waals surface area contributed by atoms with E-state index in [4.69, 9.17) is 15.0 Å². The SMILES string of the molecule is CC(C)C(=O)N1CCC[C@H]1C1=NC=C(c2cnc3c(c2)Cc2ccc(-c4cnc([C@@H]5CCCN5C(=O)[C@H](C)c5ccccc5)[nH]4)cc2C3)C1. The van der Waals surface area contributed by atoms with Gasteiger partial charge in [-0.15, -0.1) is 0 Å². The van der Waals surface area contributed by atoms with Crippen molar-refractivity contribution < 1.29 is 9.59 Å². The third-order valence-corrected chi connectivity index (χ3v) is 11.0. The number of allylic oxidation sites excluding steroid dienone is 1. The van der Waals surface area contributed by atoms with Gasteiger partial charge in [-0.2, -0.15) is 0 Å². The van der Waals surface area contributed by atoms with Crippen molar-refractivity contribution >= 4 is 23.1 Å². The zero-order chi connectivity index (χ0) is 33.6. The third kappa shape index (κ3) is 5.91. The molecule has 5 heterocycles. The normalized spacial score (nSPS) is 20.7. The molecule has 49 heavy (non-hydrogen) atoms. The number of nitrogens with zero attached hydrogens (tertiary/aromatic N) is 5. The summed E-state index contributed by atoms with van der Waals surface area (Å²) in [5.41, 5.74) is 11.5. The summed E-state index contributed by atoms with van der Waals surface area (Å²) < 4.78 is 0. The molecule has 2 amide bonds. The fourth-order valence-corrected chi connectivity index (χ4v) is 8.18. The molecule has 0 unspecified atom stereocenters.